The largest absolute Gasteiger partial charge is 0.496 e. The Morgan fingerprint density at radius 2 is 1.67 bits per heavy atom. The molecule has 0 fully saturated rings. The van der Waals surface area contributed by atoms with Crippen molar-refractivity contribution in [3.05, 3.63) is 75.1 Å². The van der Waals surface area contributed by atoms with Gasteiger partial charge in [0.1, 0.15) is 35.1 Å². The van der Waals surface area contributed by atoms with Gasteiger partial charge in [-0.1, -0.05) is 32.0 Å². The number of hydrogen-bond acceptors (Lipinski definition) is 6. The van der Waals surface area contributed by atoms with Gasteiger partial charge in [0, 0.05) is 11.1 Å². The van der Waals surface area contributed by atoms with Crippen molar-refractivity contribution in [2.24, 2.45) is 0 Å². The molecule has 3 rings (SSSR count). The van der Waals surface area contributed by atoms with Crippen LogP contribution in [0.15, 0.2) is 47.3 Å². The topological polar surface area (TPSA) is 152 Å². The van der Waals surface area contributed by atoms with E-state index >= 15 is 0 Å². The van der Waals surface area contributed by atoms with Gasteiger partial charge in [0.2, 0.25) is 0 Å². The molecule has 2 aromatic carbocycles. The van der Waals surface area contributed by atoms with Crippen LogP contribution in [-0.2, 0) is 6.61 Å². The predicted octanol–water partition coefficient (Wildman–Crippen LogP) is 3.73. The zero-order chi connectivity index (χ0) is 24.3. The van der Waals surface area contributed by atoms with E-state index in [1.807, 2.05) is 24.3 Å². The first-order valence-electron chi connectivity index (χ1n) is 10.1. The van der Waals surface area contributed by atoms with Crippen LogP contribution >= 0.6 is 0 Å². The Bertz CT molecular complexity index is 1260. The van der Waals surface area contributed by atoms with Gasteiger partial charge < -0.3 is 30.4 Å². The Hall–Kier alpha value is -4.27. The second kappa shape index (κ2) is 9.47. The first kappa shape index (κ1) is 23.4. The molecule has 33 heavy (non-hydrogen) atoms. The van der Waals surface area contributed by atoms with E-state index in [0.29, 0.717) is 23.0 Å². The van der Waals surface area contributed by atoms with Gasteiger partial charge in [-0.05, 0) is 41.3 Å². The second-order valence-electron chi connectivity index (χ2n) is 7.64. The number of methoxy groups -OCH3 is 1. The third-order valence-electron chi connectivity index (χ3n) is 5.18. The second-order valence-corrected chi connectivity index (χ2v) is 7.64. The lowest BCUT2D eigenvalue weighted by atomic mass is 9.94. The number of H-pyrrole nitrogens is 1. The van der Waals surface area contributed by atoms with E-state index in [4.69, 9.17) is 15.2 Å². The van der Waals surface area contributed by atoms with E-state index in [0.717, 1.165) is 5.56 Å². The first-order chi connectivity index (χ1) is 15.6. The minimum atomic E-state index is -1.58. The number of anilines is 1. The van der Waals surface area contributed by atoms with Gasteiger partial charge in [0.25, 0.3) is 5.56 Å². The average Bonchev–Trinajstić information content (AvgIpc) is 2.76. The number of aromatic carboxylic acids is 2. The third-order valence-corrected chi connectivity index (χ3v) is 5.18. The SMILES string of the molecule is COc1ccc(-c2c(C(=O)O)c(N)[nH]c(=O)c2C(=O)O)cc1COc1ccc(C(C)C)cc1. The number of rotatable bonds is 8. The van der Waals surface area contributed by atoms with E-state index in [2.05, 4.69) is 18.8 Å². The summed E-state index contributed by atoms with van der Waals surface area (Å²) in [6.45, 7) is 4.23. The summed E-state index contributed by atoms with van der Waals surface area (Å²) in [4.78, 5) is 38.0. The fraction of sp³-hybridized carbons (Fsp3) is 0.208. The summed E-state index contributed by atoms with van der Waals surface area (Å²) in [7, 11) is 1.46. The number of carbonyl (C=O) groups is 2. The summed E-state index contributed by atoms with van der Waals surface area (Å²) in [6.07, 6.45) is 0. The van der Waals surface area contributed by atoms with E-state index in [1.165, 1.54) is 19.2 Å². The molecule has 5 N–H and O–H groups in total. The molecule has 0 bridgehead atoms. The molecule has 0 saturated carbocycles. The number of nitrogens with two attached hydrogens (primary N) is 1. The zero-order valence-corrected chi connectivity index (χ0v) is 18.3. The van der Waals surface area contributed by atoms with Gasteiger partial charge in [0.05, 0.1) is 7.11 Å². The number of aromatic nitrogens is 1. The standard InChI is InChI=1S/C24H24N2O7/c1-12(2)13-4-7-16(8-5-13)33-11-15-10-14(6-9-17(15)32-3)18-19(23(28)29)21(25)26-22(27)20(18)24(30)31/h4-10,12H,11H2,1-3H3,(H,28,29)(H,30,31)(H3,25,26,27). The Kier molecular flexibility index (Phi) is 6.72. The highest BCUT2D eigenvalue weighted by molar-refractivity contribution is 6.07. The molecule has 1 aromatic heterocycles. The van der Waals surface area contributed by atoms with Crippen molar-refractivity contribution in [1.29, 1.82) is 0 Å². The zero-order valence-electron chi connectivity index (χ0n) is 18.3. The number of carboxylic acid groups (broad SMARTS) is 2. The van der Waals surface area contributed by atoms with E-state index < -0.39 is 34.4 Å². The highest BCUT2D eigenvalue weighted by Gasteiger charge is 2.27. The Labute approximate surface area is 189 Å². The van der Waals surface area contributed by atoms with Crippen LogP contribution in [0.2, 0.25) is 0 Å². The molecule has 0 aliphatic carbocycles. The maximum absolute atomic E-state index is 12.3. The van der Waals surface area contributed by atoms with Crippen molar-refractivity contribution in [3.8, 4) is 22.6 Å². The van der Waals surface area contributed by atoms with Crippen LogP contribution in [-0.4, -0.2) is 34.2 Å². The average molecular weight is 452 g/mol. The summed E-state index contributed by atoms with van der Waals surface area (Å²) >= 11 is 0. The molecule has 0 unspecified atom stereocenters. The lowest BCUT2D eigenvalue weighted by molar-refractivity contribution is 0.0695. The lowest BCUT2D eigenvalue weighted by Gasteiger charge is -2.16. The maximum atomic E-state index is 12.3. The van der Waals surface area contributed by atoms with Gasteiger partial charge in [-0.3, -0.25) is 4.79 Å². The van der Waals surface area contributed by atoms with Crippen molar-refractivity contribution >= 4 is 17.8 Å². The van der Waals surface area contributed by atoms with Crippen LogP contribution < -0.4 is 20.8 Å². The molecule has 9 nitrogen and oxygen atoms in total. The van der Waals surface area contributed by atoms with Crippen LogP contribution in [0.5, 0.6) is 11.5 Å². The molecular formula is C24H24N2O7. The van der Waals surface area contributed by atoms with E-state index in [-0.39, 0.29) is 17.7 Å². The van der Waals surface area contributed by atoms with Gasteiger partial charge in [-0.2, -0.15) is 0 Å². The number of carboxylic acids is 2. The fourth-order valence-corrected chi connectivity index (χ4v) is 3.49. The number of aromatic amines is 1. The smallest absolute Gasteiger partial charge is 0.342 e. The van der Waals surface area contributed by atoms with E-state index in [9.17, 15) is 24.6 Å². The molecule has 0 aliphatic rings. The molecule has 9 heteroatoms. The quantitative estimate of drug-likeness (QED) is 0.403. The minimum absolute atomic E-state index is 0.0571. The molecule has 0 atom stereocenters. The summed E-state index contributed by atoms with van der Waals surface area (Å²) in [5.41, 5.74) is 5.06. The molecule has 0 saturated heterocycles. The van der Waals surface area contributed by atoms with Crippen LogP contribution in [0.25, 0.3) is 11.1 Å². The van der Waals surface area contributed by atoms with E-state index in [1.54, 1.807) is 6.07 Å². The molecule has 0 amide bonds. The number of nitrogen functional groups attached to an aromatic ring is 1. The summed E-state index contributed by atoms with van der Waals surface area (Å²) in [5.74, 6) is -2.04. The molecule has 0 aliphatic heterocycles. The predicted molar refractivity (Wildman–Crippen MR) is 122 cm³/mol. The summed E-state index contributed by atoms with van der Waals surface area (Å²) in [5, 5.41) is 19.2. The highest BCUT2D eigenvalue weighted by atomic mass is 16.5. The van der Waals surface area contributed by atoms with Crippen molar-refractivity contribution in [2.45, 2.75) is 26.4 Å². The molecule has 0 radical (unpaired) electrons. The Morgan fingerprint density at radius 3 is 2.21 bits per heavy atom. The van der Waals surface area contributed by atoms with Crippen LogP contribution in [0, 0.1) is 0 Å². The lowest BCUT2D eigenvalue weighted by Crippen LogP contribution is -2.24. The van der Waals surface area contributed by atoms with Crippen molar-refractivity contribution in [1.82, 2.24) is 4.98 Å². The number of nitrogens with one attached hydrogen (secondary N) is 1. The van der Waals surface area contributed by atoms with Gasteiger partial charge >= 0.3 is 11.9 Å². The molecule has 0 spiro atoms. The van der Waals surface area contributed by atoms with Crippen molar-refractivity contribution < 1.29 is 29.3 Å². The highest BCUT2D eigenvalue weighted by Crippen LogP contribution is 2.33. The molecule has 1 heterocycles. The monoisotopic (exact) mass is 452 g/mol. The molecule has 3 aromatic rings. The normalized spacial score (nSPS) is 10.8. The number of benzene rings is 2. The maximum Gasteiger partial charge on any atom is 0.342 e. The van der Waals surface area contributed by atoms with Gasteiger partial charge in [-0.15, -0.1) is 0 Å². The van der Waals surface area contributed by atoms with Crippen molar-refractivity contribution in [3.63, 3.8) is 0 Å². The number of pyridine rings is 1. The van der Waals surface area contributed by atoms with Crippen LogP contribution in [0.1, 0.15) is 51.6 Å². The fourth-order valence-electron chi connectivity index (χ4n) is 3.49. The van der Waals surface area contributed by atoms with Crippen molar-refractivity contribution in [2.75, 3.05) is 12.8 Å². The summed E-state index contributed by atoms with van der Waals surface area (Å²) in [6, 6.07) is 12.1. The molecular weight excluding hydrogens is 428 g/mol. The molecule has 172 valence electrons. The first-order valence-corrected chi connectivity index (χ1v) is 10.1. The van der Waals surface area contributed by atoms with Gasteiger partial charge in [-0.25, -0.2) is 9.59 Å². The Balaban J connectivity index is 2.08. The minimum Gasteiger partial charge on any atom is -0.496 e. The summed E-state index contributed by atoms with van der Waals surface area (Å²) < 4.78 is 11.2. The van der Waals surface area contributed by atoms with Crippen LogP contribution in [0.3, 0.4) is 0 Å². The Morgan fingerprint density at radius 1 is 1.03 bits per heavy atom. The third kappa shape index (κ3) is 4.82. The number of ether oxygens (including phenoxy) is 2. The number of hydrogen-bond donors (Lipinski definition) is 4. The van der Waals surface area contributed by atoms with Crippen LogP contribution in [0.4, 0.5) is 5.82 Å². The van der Waals surface area contributed by atoms with Gasteiger partial charge in [0.15, 0.2) is 0 Å².